The normalized spacial score (nSPS) is 10.5. The van der Waals surface area contributed by atoms with Gasteiger partial charge in [-0.1, -0.05) is 23.2 Å². The molecule has 0 unspecified atom stereocenters. The van der Waals surface area contributed by atoms with E-state index in [1.54, 1.807) is 31.0 Å². The van der Waals surface area contributed by atoms with Crippen molar-refractivity contribution in [1.29, 1.82) is 0 Å². The van der Waals surface area contributed by atoms with Crippen molar-refractivity contribution in [3.05, 3.63) is 22.2 Å². The van der Waals surface area contributed by atoms with Gasteiger partial charge in [0.25, 0.3) is 0 Å². The van der Waals surface area contributed by atoms with Crippen LogP contribution in [0.25, 0.3) is 0 Å². The second-order valence-corrected chi connectivity index (χ2v) is 4.57. The molecule has 0 amide bonds. The predicted molar refractivity (Wildman–Crippen MR) is 63.5 cm³/mol. The Hall–Kier alpha value is -0.0900. The van der Waals surface area contributed by atoms with E-state index in [9.17, 15) is 0 Å². The van der Waals surface area contributed by atoms with Crippen LogP contribution in [0.2, 0.25) is 10.0 Å². The maximum absolute atomic E-state index is 5.99. The first-order valence-electron chi connectivity index (χ1n) is 4.01. The van der Waals surface area contributed by atoms with Crippen LogP contribution in [0, 0.1) is 0 Å². The number of rotatable bonds is 4. The van der Waals surface area contributed by atoms with Crippen molar-refractivity contribution in [3.8, 4) is 0 Å². The lowest BCUT2D eigenvalue weighted by Crippen LogP contribution is -1.92. The molecule has 0 fully saturated rings. The molecule has 0 atom stereocenters. The molecule has 1 aromatic rings. The Bertz CT molecular complexity index is 297. The van der Waals surface area contributed by atoms with Crippen LogP contribution in [0.1, 0.15) is 0 Å². The highest BCUT2D eigenvalue weighted by Crippen LogP contribution is 2.35. The van der Waals surface area contributed by atoms with E-state index in [4.69, 9.17) is 33.7 Å². The van der Waals surface area contributed by atoms with Crippen LogP contribution in [-0.4, -0.2) is 19.5 Å². The zero-order valence-electron chi connectivity index (χ0n) is 7.72. The van der Waals surface area contributed by atoms with Crippen LogP contribution >= 0.6 is 35.0 Å². The molecule has 0 saturated carbocycles. The molecule has 0 bridgehead atoms. The Morgan fingerprint density at radius 2 is 1.93 bits per heavy atom. The minimum absolute atomic E-state index is 0.580. The first kappa shape index (κ1) is 12.0. The van der Waals surface area contributed by atoms with Crippen molar-refractivity contribution in [2.24, 2.45) is 0 Å². The van der Waals surface area contributed by atoms with Crippen molar-refractivity contribution in [3.63, 3.8) is 0 Å². The molecule has 0 aliphatic rings. The highest BCUT2D eigenvalue weighted by molar-refractivity contribution is 7.99. The van der Waals surface area contributed by atoms with Gasteiger partial charge in [0.2, 0.25) is 0 Å². The summed E-state index contributed by atoms with van der Waals surface area (Å²) in [4.78, 5) is 0.861. The minimum Gasteiger partial charge on any atom is -0.399 e. The molecule has 1 rings (SSSR count). The summed E-state index contributed by atoms with van der Waals surface area (Å²) in [5, 5.41) is 1.19. The number of ether oxygens (including phenoxy) is 1. The molecule has 0 saturated heterocycles. The lowest BCUT2D eigenvalue weighted by atomic mass is 10.3. The third-order valence-electron chi connectivity index (χ3n) is 1.55. The number of methoxy groups -OCH3 is 1. The fourth-order valence-corrected chi connectivity index (χ4v) is 2.62. The van der Waals surface area contributed by atoms with E-state index in [1.807, 2.05) is 0 Å². The third-order valence-corrected chi connectivity index (χ3v) is 3.47. The monoisotopic (exact) mass is 251 g/mol. The van der Waals surface area contributed by atoms with Crippen molar-refractivity contribution in [2.75, 3.05) is 25.2 Å². The number of halogens is 2. The van der Waals surface area contributed by atoms with Crippen molar-refractivity contribution in [1.82, 2.24) is 0 Å². The molecule has 0 aliphatic heterocycles. The molecular formula is C9H11Cl2NOS. The number of anilines is 1. The van der Waals surface area contributed by atoms with Crippen LogP contribution in [0.3, 0.4) is 0 Å². The summed E-state index contributed by atoms with van der Waals surface area (Å²) in [7, 11) is 1.66. The SMILES string of the molecule is COCCSc1c(Cl)cc(N)cc1Cl. The van der Waals surface area contributed by atoms with Crippen LogP contribution in [0.4, 0.5) is 5.69 Å². The smallest absolute Gasteiger partial charge is 0.0577 e. The Morgan fingerprint density at radius 1 is 1.36 bits per heavy atom. The lowest BCUT2D eigenvalue weighted by molar-refractivity contribution is 0.218. The van der Waals surface area contributed by atoms with Gasteiger partial charge < -0.3 is 10.5 Å². The van der Waals surface area contributed by atoms with Gasteiger partial charge in [0.05, 0.1) is 16.7 Å². The molecule has 14 heavy (non-hydrogen) atoms. The van der Waals surface area contributed by atoms with E-state index in [0.717, 1.165) is 10.6 Å². The van der Waals surface area contributed by atoms with Gasteiger partial charge in [0.15, 0.2) is 0 Å². The molecule has 0 aliphatic carbocycles. The number of benzene rings is 1. The Morgan fingerprint density at radius 3 is 2.43 bits per heavy atom. The summed E-state index contributed by atoms with van der Waals surface area (Å²) in [6.45, 7) is 0.668. The van der Waals surface area contributed by atoms with E-state index in [1.165, 1.54) is 0 Å². The van der Waals surface area contributed by atoms with E-state index in [2.05, 4.69) is 0 Å². The second kappa shape index (κ2) is 5.71. The largest absolute Gasteiger partial charge is 0.399 e. The van der Waals surface area contributed by atoms with Crippen LogP contribution in [0.15, 0.2) is 17.0 Å². The van der Waals surface area contributed by atoms with Gasteiger partial charge in [-0.2, -0.15) is 0 Å². The second-order valence-electron chi connectivity index (χ2n) is 2.65. The number of hydrogen-bond acceptors (Lipinski definition) is 3. The molecule has 0 radical (unpaired) electrons. The quantitative estimate of drug-likeness (QED) is 0.507. The Balaban J connectivity index is 2.75. The van der Waals surface area contributed by atoms with Gasteiger partial charge in [-0.3, -0.25) is 0 Å². The zero-order valence-corrected chi connectivity index (χ0v) is 10.0. The Labute approximate surface area is 97.7 Å². The number of hydrogen-bond donors (Lipinski definition) is 1. The molecule has 2 nitrogen and oxygen atoms in total. The van der Waals surface area contributed by atoms with E-state index in [0.29, 0.717) is 22.3 Å². The summed E-state index contributed by atoms with van der Waals surface area (Å²) in [6, 6.07) is 3.39. The highest BCUT2D eigenvalue weighted by Gasteiger charge is 2.07. The van der Waals surface area contributed by atoms with Gasteiger partial charge in [-0.15, -0.1) is 11.8 Å². The van der Waals surface area contributed by atoms with E-state index in [-0.39, 0.29) is 0 Å². The summed E-state index contributed by atoms with van der Waals surface area (Å²) in [5.74, 6) is 0.819. The summed E-state index contributed by atoms with van der Waals surface area (Å²) in [6.07, 6.45) is 0. The van der Waals surface area contributed by atoms with Crippen molar-refractivity contribution in [2.45, 2.75) is 4.90 Å². The Kier molecular flexibility index (Phi) is 4.89. The first-order chi connectivity index (χ1) is 6.65. The van der Waals surface area contributed by atoms with Gasteiger partial charge >= 0.3 is 0 Å². The molecule has 78 valence electrons. The van der Waals surface area contributed by atoms with Gasteiger partial charge in [-0.25, -0.2) is 0 Å². The fraction of sp³-hybridized carbons (Fsp3) is 0.333. The average molecular weight is 252 g/mol. The van der Waals surface area contributed by atoms with Gasteiger partial charge in [0.1, 0.15) is 0 Å². The average Bonchev–Trinajstić information content (AvgIpc) is 2.09. The van der Waals surface area contributed by atoms with Crippen molar-refractivity contribution < 1.29 is 4.74 Å². The molecule has 0 spiro atoms. The fourth-order valence-electron chi connectivity index (χ4n) is 0.944. The minimum atomic E-state index is 0.580. The maximum Gasteiger partial charge on any atom is 0.0577 e. The zero-order chi connectivity index (χ0) is 10.6. The van der Waals surface area contributed by atoms with E-state index < -0.39 is 0 Å². The maximum atomic E-state index is 5.99. The molecule has 1 aromatic carbocycles. The van der Waals surface area contributed by atoms with Crippen LogP contribution in [0.5, 0.6) is 0 Å². The molecule has 0 heterocycles. The van der Waals surface area contributed by atoms with Gasteiger partial charge in [-0.05, 0) is 12.1 Å². The molecule has 2 N–H and O–H groups in total. The highest BCUT2D eigenvalue weighted by atomic mass is 35.5. The molecule has 5 heteroatoms. The van der Waals surface area contributed by atoms with Gasteiger partial charge in [0, 0.05) is 23.4 Å². The summed E-state index contributed by atoms with van der Waals surface area (Å²) < 4.78 is 4.94. The topological polar surface area (TPSA) is 35.2 Å². The first-order valence-corrected chi connectivity index (χ1v) is 5.75. The number of nitrogens with two attached hydrogens (primary N) is 1. The lowest BCUT2D eigenvalue weighted by Gasteiger charge is -2.07. The number of nitrogen functional groups attached to an aromatic ring is 1. The summed E-state index contributed by atoms with van der Waals surface area (Å²) in [5.41, 5.74) is 6.16. The third kappa shape index (κ3) is 3.24. The van der Waals surface area contributed by atoms with E-state index >= 15 is 0 Å². The molecule has 0 aromatic heterocycles. The standard InChI is InChI=1S/C9H11Cl2NOS/c1-13-2-3-14-9-7(10)4-6(12)5-8(9)11/h4-5H,2-3,12H2,1H3. The summed E-state index contributed by atoms with van der Waals surface area (Å²) >= 11 is 13.5. The van der Waals surface area contributed by atoms with Crippen LogP contribution < -0.4 is 5.73 Å². The van der Waals surface area contributed by atoms with Crippen LogP contribution in [-0.2, 0) is 4.74 Å². The predicted octanol–water partition coefficient (Wildman–Crippen LogP) is 3.31. The number of thioether (sulfide) groups is 1. The van der Waals surface area contributed by atoms with Crippen molar-refractivity contribution >= 4 is 40.7 Å². The molecular weight excluding hydrogens is 241 g/mol.